The van der Waals surface area contributed by atoms with Crippen LogP contribution in [-0.4, -0.2) is 51.0 Å². The largest absolute Gasteiger partial charge is 0.381 e. The molecule has 1 spiro atoms. The topological polar surface area (TPSA) is 75.7 Å². The molecular weight excluding hydrogens is 395 g/mol. The van der Waals surface area contributed by atoms with Gasteiger partial charge in [0.15, 0.2) is 0 Å². The van der Waals surface area contributed by atoms with Gasteiger partial charge in [0.1, 0.15) is 10.7 Å². The SMILES string of the molecule is O=C(NC1CCCCC1)C1CN(S(=O)(=O)c2ccccc2F)CC12CCOCC2. The van der Waals surface area contributed by atoms with E-state index in [9.17, 15) is 17.6 Å². The summed E-state index contributed by atoms with van der Waals surface area (Å²) in [7, 11) is -4.01. The summed E-state index contributed by atoms with van der Waals surface area (Å²) >= 11 is 0. The number of nitrogens with one attached hydrogen (secondary N) is 1. The minimum atomic E-state index is -4.01. The normalized spacial score (nSPS) is 25.9. The van der Waals surface area contributed by atoms with E-state index in [1.165, 1.54) is 28.9 Å². The maximum atomic E-state index is 14.2. The quantitative estimate of drug-likeness (QED) is 0.806. The zero-order chi connectivity index (χ0) is 20.5. The summed E-state index contributed by atoms with van der Waals surface area (Å²) in [4.78, 5) is 12.9. The number of nitrogens with zero attached hydrogens (tertiary/aromatic N) is 1. The summed E-state index contributed by atoms with van der Waals surface area (Å²) in [6.07, 6.45) is 6.66. The van der Waals surface area contributed by atoms with E-state index in [0.717, 1.165) is 31.7 Å². The maximum Gasteiger partial charge on any atom is 0.246 e. The van der Waals surface area contributed by atoms with Gasteiger partial charge in [0, 0.05) is 37.8 Å². The summed E-state index contributed by atoms with van der Waals surface area (Å²) in [5, 5.41) is 3.18. The van der Waals surface area contributed by atoms with Crippen molar-refractivity contribution in [2.24, 2.45) is 11.3 Å². The van der Waals surface area contributed by atoms with Gasteiger partial charge in [0.25, 0.3) is 0 Å². The zero-order valence-electron chi connectivity index (χ0n) is 16.6. The van der Waals surface area contributed by atoms with Crippen LogP contribution in [0, 0.1) is 17.2 Å². The first-order chi connectivity index (χ1) is 13.9. The van der Waals surface area contributed by atoms with Crippen LogP contribution in [0.2, 0.25) is 0 Å². The van der Waals surface area contributed by atoms with Gasteiger partial charge in [0.2, 0.25) is 15.9 Å². The molecule has 0 radical (unpaired) electrons. The van der Waals surface area contributed by atoms with E-state index in [0.29, 0.717) is 26.1 Å². The first-order valence-electron chi connectivity index (χ1n) is 10.6. The van der Waals surface area contributed by atoms with Gasteiger partial charge in [-0.2, -0.15) is 4.31 Å². The van der Waals surface area contributed by atoms with Gasteiger partial charge in [-0.1, -0.05) is 31.4 Å². The van der Waals surface area contributed by atoms with Crippen molar-refractivity contribution in [1.82, 2.24) is 9.62 Å². The van der Waals surface area contributed by atoms with E-state index in [4.69, 9.17) is 4.74 Å². The van der Waals surface area contributed by atoms with Crippen LogP contribution >= 0.6 is 0 Å². The molecule has 0 bridgehead atoms. The third-order valence-corrected chi connectivity index (χ3v) is 8.67. The van der Waals surface area contributed by atoms with Crippen LogP contribution in [0.4, 0.5) is 4.39 Å². The fourth-order valence-corrected chi connectivity index (χ4v) is 6.71. The number of carbonyl (C=O) groups excluding carboxylic acids is 1. The van der Waals surface area contributed by atoms with Crippen molar-refractivity contribution in [3.05, 3.63) is 30.1 Å². The van der Waals surface area contributed by atoms with Crippen LogP contribution in [-0.2, 0) is 19.6 Å². The monoisotopic (exact) mass is 424 g/mol. The second kappa shape index (κ2) is 8.32. The lowest BCUT2D eigenvalue weighted by atomic mass is 9.71. The fourth-order valence-electron chi connectivity index (χ4n) is 5.09. The maximum absolute atomic E-state index is 14.2. The molecule has 1 saturated carbocycles. The summed E-state index contributed by atoms with van der Waals surface area (Å²) in [5.74, 6) is -1.26. The lowest BCUT2D eigenvalue weighted by molar-refractivity contribution is -0.130. The number of benzene rings is 1. The average molecular weight is 425 g/mol. The Balaban J connectivity index is 1.59. The van der Waals surface area contributed by atoms with E-state index in [-0.39, 0.29) is 29.9 Å². The molecule has 1 aromatic carbocycles. The third kappa shape index (κ3) is 4.07. The first-order valence-corrected chi connectivity index (χ1v) is 12.0. The molecule has 8 heteroatoms. The van der Waals surface area contributed by atoms with Crippen LogP contribution in [0.3, 0.4) is 0 Å². The van der Waals surface area contributed by atoms with E-state index < -0.39 is 27.2 Å². The van der Waals surface area contributed by atoms with E-state index in [2.05, 4.69) is 5.32 Å². The molecule has 1 unspecified atom stereocenters. The molecule has 1 atom stereocenters. The minimum absolute atomic E-state index is 0.0648. The Morgan fingerprint density at radius 1 is 1.14 bits per heavy atom. The first kappa shape index (κ1) is 20.8. The number of rotatable bonds is 4. The lowest BCUT2D eigenvalue weighted by Gasteiger charge is -2.38. The Kier molecular flexibility index (Phi) is 5.95. The summed E-state index contributed by atoms with van der Waals surface area (Å²) in [5.41, 5.74) is -0.449. The predicted molar refractivity (Wildman–Crippen MR) is 106 cm³/mol. The molecule has 1 N–H and O–H groups in total. The highest BCUT2D eigenvalue weighted by Crippen LogP contribution is 2.46. The van der Waals surface area contributed by atoms with Gasteiger partial charge >= 0.3 is 0 Å². The Labute approximate surface area is 171 Å². The second-order valence-corrected chi connectivity index (χ2v) is 10.5. The van der Waals surface area contributed by atoms with Crippen molar-refractivity contribution in [2.75, 3.05) is 26.3 Å². The van der Waals surface area contributed by atoms with Gasteiger partial charge in [-0.3, -0.25) is 4.79 Å². The summed E-state index contributed by atoms with van der Waals surface area (Å²) in [6, 6.07) is 5.60. The fraction of sp³-hybridized carbons (Fsp3) is 0.667. The predicted octanol–water partition coefficient (Wildman–Crippen LogP) is 2.69. The minimum Gasteiger partial charge on any atom is -0.381 e. The summed E-state index contributed by atoms with van der Waals surface area (Å²) < 4.78 is 47.4. The van der Waals surface area contributed by atoms with Crippen LogP contribution in [0.15, 0.2) is 29.2 Å². The van der Waals surface area contributed by atoms with Crippen LogP contribution in [0.1, 0.15) is 44.9 Å². The molecule has 4 rings (SSSR count). The van der Waals surface area contributed by atoms with Crippen molar-refractivity contribution in [2.45, 2.75) is 55.9 Å². The van der Waals surface area contributed by atoms with Gasteiger partial charge in [-0.25, -0.2) is 12.8 Å². The Morgan fingerprint density at radius 3 is 2.52 bits per heavy atom. The number of sulfonamides is 1. The Morgan fingerprint density at radius 2 is 1.83 bits per heavy atom. The van der Waals surface area contributed by atoms with Crippen molar-refractivity contribution in [1.29, 1.82) is 0 Å². The third-order valence-electron chi connectivity index (χ3n) is 6.83. The Bertz CT molecular complexity index is 848. The molecule has 3 fully saturated rings. The zero-order valence-corrected chi connectivity index (χ0v) is 17.4. The highest BCUT2D eigenvalue weighted by Gasteiger charge is 2.53. The van der Waals surface area contributed by atoms with Crippen molar-refractivity contribution < 1.29 is 22.3 Å². The lowest BCUT2D eigenvalue weighted by Crippen LogP contribution is -2.47. The summed E-state index contributed by atoms with van der Waals surface area (Å²) in [6.45, 7) is 1.35. The Hall–Kier alpha value is -1.51. The molecule has 1 aliphatic carbocycles. The highest BCUT2D eigenvalue weighted by molar-refractivity contribution is 7.89. The number of carbonyl (C=O) groups is 1. The van der Waals surface area contributed by atoms with Gasteiger partial charge in [0.05, 0.1) is 5.92 Å². The number of amides is 1. The van der Waals surface area contributed by atoms with Gasteiger partial charge in [-0.05, 0) is 37.8 Å². The molecule has 2 saturated heterocycles. The number of halogens is 1. The molecule has 3 aliphatic rings. The average Bonchev–Trinajstić information content (AvgIpc) is 3.09. The highest BCUT2D eigenvalue weighted by atomic mass is 32.2. The molecule has 2 heterocycles. The molecule has 0 aromatic heterocycles. The van der Waals surface area contributed by atoms with Crippen molar-refractivity contribution in [3.8, 4) is 0 Å². The molecular formula is C21H29FN2O4S. The van der Waals surface area contributed by atoms with Crippen molar-refractivity contribution in [3.63, 3.8) is 0 Å². The van der Waals surface area contributed by atoms with Crippen LogP contribution in [0.25, 0.3) is 0 Å². The van der Waals surface area contributed by atoms with Gasteiger partial charge < -0.3 is 10.1 Å². The molecule has 1 amide bonds. The number of ether oxygens (including phenoxy) is 1. The number of hydrogen-bond acceptors (Lipinski definition) is 4. The van der Waals surface area contributed by atoms with E-state index in [1.807, 2.05) is 0 Å². The smallest absolute Gasteiger partial charge is 0.246 e. The molecule has 6 nitrogen and oxygen atoms in total. The van der Waals surface area contributed by atoms with E-state index >= 15 is 0 Å². The molecule has 1 aromatic rings. The second-order valence-electron chi connectivity index (χ2n) is 8.60. The van der Waals surface area contributed by atoms with Crippen molar-refractivity contribution >= 4 is 15.9 Å². The van der Waals surface area contributed by atoms with E-state index in [1.54, 1.807) is 0 Å². The van der Waals surface area contributed by atoms with Crippen LogP contribution < -0.4 is 5.32 Å². The molecule has 160 valence electrons. The standard InChI is InChI=1S/C21H29FN2O4S/c22-18-8-4-5-9-19(18)29(26,27)24-14-17(21(15-24)10-12-28-13-11-21)20(25)23-16-6-2-1-3-7-16/h4-5,8-9,16-17H,1-3,6-7,10-15H2,(H,23,25). The molecule has 29 heavy (non-hydrogen) atoms. The number of hydrogen-bond donors (Lipinski definition) is 1. The van der Waals surface area contributed by atoms with Gasteiger partial charge in [-0.15, -0.1) is 0 Å². The van der Waals surface area contributed by atoms with Crippen LogP contribution in [0.5, 0.6) is 0 Å². The molecule has 2 aliphatic heterocycles.